The van der Waals surface area contributed by atoms with E-state index in [1.165, 1.54) is 0 Å². The number of carbonyl (C=O) groups is 1. The van der Waals surface area contributed by atoms with Crippen LogP contribution in [0.4, 0.5) is 16.3 Å². The number of hydrogen-bond acceptors (Lipinski definition) is 2. The zero-order chi connectivity index (χ0) is 14.7. The third-order valence-corrected chi connectivity index (χ3v) is 3.28. The van der Waals surface area contributed by atoms with Gasteiger partial charge >= 0.3 is 6.03 Å². The molecule has 0 saturated carbocycles. The third-order valence-electron chi connectivity index (χ3n) is 3.28. The molecule has 0 spiro atoms. The minimum Gasteiger partial charge on any atom is -0.346 e. The van der Waals surface area contributed by atoms with Crippen LogP contribution in [0.2, 0.25) is 0 Å². The first-order valence-corrected chi connectivity index (χ1v) is 6.85. The fourth-order valence-electron chi connectivity index (χ4n) is 2.31. The molecule has 2 N–H and O–H groups in total. The number of nitrogens with zero attached hydrogens (tertiary/aromatic N) is 2. The summed E-state index contributed by atoms with van der Waals surface area (Å²) in [5.41, 5.74) is 1.90. The lowest BCUT2D eigenvalue weighted by atomic mass is 10.2. The van der Waals surface area contributed by atoms with Crippen LogP contribution in [0.25, 0.3) is 10.9 Å². The number of nitrogens with one attached hydrogen (secondary N) is 2. The number of pyridine rings is 1. The summed E-state index contributed by atoms with van der Waals surface area (Å²) in [5.74, 6) is 0.522. The molecule has 5 nitrogen and oxygen atoms in total. The van der Waals surface area contributed by atoms with Gasteiger partial charge in [0, 0.05) is 24.3 Å². The summed E-state index contributed by atoms with van der Waals surface area (Å²) in [4.78, 5) is 16.1. The molecule has 2 aromatic heterocycles. The number of aryl methyl sites for hydroxylation is 1. The SMILES string of the molecule is CCn1cc(NC(=O)Nc2ccccn2)c2ccccc21. The Morgan fingerprint density at radius 1 is 1.14 bits per heavy atom. The van der Waals surface area contributed by atoms with Crippen LogP contribution in [-0.2, 0) is 6.54 Å². The van der Waals surface area contributed by atoms with Crippen molar-refractivity contribution in [2.24, 2.45) is 0 Å². The van der Waals surface area contributed by atoms with Crippen molar-refractivity contribution in [1.82, 2.24) is 9.55 Å². The van der Waals surface area contributed by atoms with Gasteiger partial charge in [-0.05, 0) is 25.1 Å². The molecule has 1 aromatic carbocycles. The highest BCUT2D eigenvalue weighted by Gasteiger charge is 2.10. The first-order valence-electron chi connectivity index (χ1n) is 6.85. The first-order chi connectivity index (χ1) is 10.3. The van der Waals surface area contributed by atoms with E-state index >= 15 is 0 Å². The van der Waals surface area contributed by atoms with E-state index in [1.807, 2.05) is 36.5 Å². The fraction of sp³-hybridized carbons (Fsp3) is 0.125. The highest BCUT2D eigenvalue weighted by atomic mass is 16.2. The zero-order valence-corrected chi connectivity index (χ0v) is 11.7. The maximum atomic E-state index is 12.1. The second kappa shape index (κ2) is 5.66. The van der Waals surface area contributed by atoms with E-state index in [1.54, 1.807) is 18.3 Å². The molecule has 0 atom stereocenters. The Hall–Kier alpha value is -2.82. The highest BCUT2D eigenvalue weighted by Crippen LogP contribution is 2.25. The van der Waals surface area contributed by atoms with Crippen molar-refractivity contribution in [2.75, 3.05) is 10.6 Å². The molecule has 0 fully saturated rings. The van der Waals surface area contributed by atoms with Crippen LogP contribution < -0.4 is 10.6 Å². The van der Waals surface area contributed by atoms with Gasteiger partial charge in [-0.2, -0.15) is 0 Å². The molecule has 2 amide bonds. The minimum absolute atomic E-state index is 0.298. The first kappa shape index (κ1) is 13.2. The van der Waals surface area contributed by atoms with Crippen molar-refractivity contribution in [2.45, 2.75) is 13.5 Å². The van der Waals surface area contributed by atoms with Crippen LogP contribution in [0.15, 0.2) is 54.9 Å². The van der Waals surface area contributed by atoms with Crippen LogP contribution in [0.3, 0.4) is 0 Å². The Labute approximate surface area is 122 Å². The lowest BCUT2D eigenvalue weighted by molar-refractivity contribution is 0.262. The number of urea groups is 1. The van der Waals surface area contributed by atoms with Gasteiger partial charge in [0.15, 0.2) is 0 Å². The normalized spacial score (nSPS) is 10.5. The molecule has 0 radical (unpaired) electrons. The fourth-order valence-corrected chi connectivity index (χ4v) is 2.31. The summed E-state index contributed by atoms with van der Waals surface area (Å²) in [6.45, 7) is 2.92. The molecule has 106 valence electrons. The smallest absolute Gasteiger partial charge is 0.324 e. The molecule has 21 heavy (non-hydrogen) atoms. The van der Waals surface area contributed by atoms with Crippen LogP contribution >= 0.6 is 0 Å². The quantitative estimate of drug-likeness (QED) is 0.768. The molecule has 0 aliphatic heterocycles. The lowest BCUT2D eigenvalue weighted by Crippen LogP contribution is -2.19. The summed E-state index contributed by atoms with van der Waals surface area (Å²) in [5, 5.41) is 6.61. The summed E-state index contributed by atoms with van der Waals surface area (Å²) in [6, 6.07) is 13.1. The Morgan fingerprint density at radius 3 is 2.71 bits per heavy atom. The van der Waals surface area contributed by atoms with Crippen molar-refractivity contribution in [3.05, 3.63) is 54.9 Å². The highest BCUT2D eigenvalue weighted by molar-refractivity contribution is 6.05. The van der Waals surface area contributed by atoms with Crippen molar-refractivity contribution < 1.29 is 4.79 Å². The van der Waals surface area contributed by atoms with Gasteiger partial charge in [-0.1, -0.05) is 24.3 Å². The number of rotatable bonds is 3. The Morgan fingerprint density at radius 2 is 1.95 bits per heavy atom. The van der Waals surface area contributed by atoms with E-state index < -0.39 is 0 Å². The molecule has 0 unspecified atom stereocenters. The maximum absolute atomic E-state index is 12.1. The predicted octanol–water partition coefficient (Wildman–Crippen LogP) is 3.70. The minimum atomic E-state index is -0.298. The molecule has 0 bridgehead atoms. The summed E-state index contributed by atoms with van der Waals surface area (Å²) < 4.78 is 2.10. The van der Waals surface area contributed by atoms with Crippen molar-refractivity contribution >= 4 is 28.4 Å². The molecule has 0 saturated heterocycles. The summed E-state index contributed by atoms with van der Waals surface area (Å²) in [6.07, 6.45) is 3.58. The Bertz CT molecular complexity index is 764. The number of fused-ring (bicyclic) bond motifs is 1. The molecular formula is C16H16N4O. The number of carbonyl (C=O) groups excluding carboxylic acids is 1. The zero-order valence-electron chi connectivity index (χ0n) is 11.7. The van der Waals surface area contributed by atoms with E-state index in [0.29, 0.717) is 5.82 Å². The van der Waals surface area contributed by atoms with Gasteiger partial charge in [0.2, 0.25) is 0 Å². The predicted molar refractivity (Wildman–Crippen MR) is 84.5 cm³/mol. The molecule has 0 aliphatic rings. The number of aromatic nitrogens is 2. The van der Waals surface area contributed by atoms with Crippen LogP contribution in [0.5, 0.6) is 0 Å². The number of amides is 2. The van der Waals surface area contributed by atoms with E-state index in [4.69, 9.17) is 0 Å². The monoisotopic (exact) mass is 280 g/mol. The number of hydrogen-bond donors (Lipinski definition) is 2. The van der Waals surface area contributed by atoms with Crippen LogP contribution in [0.1, 0.15) is 6.92 Å². The van der Waals surface area contributed by atoms with Gasteiger partial charge in [-0.25, -0.2) is 9.78 Å². The van der Waals surface area contributed by atoms with Crippen LogP contribution in [-0.4, -0.2) is 15.6 Å². The molecular weight excluding hydrogens is 264 g/mol. The van der Waals surface area contributed by atoms with E-state index in [0.717, 1.165) is 23.1 Å². The van der Waals surface area contributed by atoms with E-state index in [-0.39, 0.29) is 6.03 Å². The Kier molecular flexibility index (Phi) is 3.55. The second-order valence-electron chi connectivity index (χ2n) is 4.64. The second-order valence-corrected chi connectivity index (χ2v) is 4.64. The largest absolute Gasteiger partial charge is 0.346 e. The van der Waals surface area contributed by atoms with E-state index in [2.05, 4.69) is 27.1 Å². The molecule has 3 aromatic rings. The van der Waals surface area contributed by atoms with Gasteiger partial charge < -0.3 is 9.88 Å². The average molecular weight is 280 g/mol. The molecule has 3 rings (SSSR count). The average Bonchev–Trinajstić information content (AvgIpc) is 2.86. The van der Waals surface area contributed by atoms with Gasteiger partial charge in [-0.15, -0.1) is 0 Å². The number of benzene rings is 1. The third kappa shape index (κ3) is 2.72. The van der Waals surface area contributed by atoms with Crippen molar-refractivity contribution in [3.8, 4) is 0 Å². The standard InChI is InChI=1S/C16H16N4O/c1-2-20-11-13(12-7-3-4-8-14(12)20)18-16(21)19-15-9-5-6-10-17-15/h3-11H,2H2,1H3,(H2,17,18,19,21). The maximum Gasteiger partial charge on any atom is 0.324 e. The van der Waals surface area contributed by atoms with E-state index in [9.17, 15) is 4.79 Å². The molecule has 2 heterocycles. The van der Waals surface area contributed by atoms with Gasteiger partial charge in [-0.3, -0.25) is 5.32 Å². The number of para-hydroxylation sites is 1. The van der Waals surface area contributed by atoms with Crippen molar-refractivity contribution in [1.29, 1.82) is 0 Å². The molecule has 5 heteroatoms. The lowest BCUT2D eigenvalue weighted by Gasteiger charge is -2.05. The van der Waals surface area contributed by atoms with Crippen LogP contribution in [0, 0.1) is 0 Å². The van der Waals surface area contributed by atoms with Gasteiger partial charge in [0.1, 0.15) is 5.82 Å². The van der Waals surface area contributed by atoms with Gasteiger partial charge in [0.05, 0.1) is 11.2 Å². The summed E-state index contributed by atoms with van der Waals surface area (Å²) in [7, 11) is 0. The summed E-state index contributed by atoms with van der Waals surface area (Å²) >= 11 is 0. The van der Waals surface area contributed by atoms with Gasteiger partial charge in [0.25, 0.3) is 0 Å². The molecule has 0 aliphatic carbocycles. The Balaban J connectivity index is 1.83. The topological polar surface area (TPSA) is 59.0 Å². The number of anilines is 2. The van der Waals surface area contributed by atoms with Crippen molar-refractivity contribution in [3.63, 3.8) is 0 Å².